The van der Waals surface area contributed by atoms with Gasteiger partial charge in [-0.05, 0) is 31.0 Å². The molecule has 0 bridgehead atoms. The molecular weight excluding hydrogens is 325 g/mol. The first kappa shape index (κ1) is 15.2. The van der Waals surface area contributed by atoms with Crippen LogP contribution in [0, 0.1) is 5.82 Å². The molecule has 2 aromatic rings. The molecule has 3 rings (SSSR count). The molecule has 1 saturated heterocycles. The fourth-order valence-corrected chi connectivity index (χ4v) is 3.63. The second-order valence-electron chi connectivity index (χ2n) is 5.14. The van der Waals surface area contributed by atoms with Crippen molar-refractivity contribution in [1.82, 2.24) is 10.3 Å². The third kappa shape index (κ3) is 3.23. The van der Waals surface area contributed by atoms with Crippen LogP contribution in [0.25, 0.3) is 0 Å². The molecule has 22 heavy (non-hydrogen) atoms. The van der Waals surface area contributed by atoms with Crippen molar-refractivity contribution in [2.75, 3.05) is 18.0 Å². The van der Waals surface area contributed by atoms with E-state index in [2.05, 4.69) is 15.2 Å². The van der Waals surface area contributed by atoms with Crippen LogP contribution in [0.5, 0.6) is 0 Å². The quantitative estimate of drug-likeness (QED) is 0.929. The monoisotopic (exact) mass is 339 g/mol. The highest BCUT2D eigenvalue weighted by Crippen LogP contribution is 2.27. The van der Waals surface area contributed by atoms with Crippen LogP contribution in [0.2, 0.25) is 5.02 Å². The standard InChI is InChI=1S/C15H15ClFN3OS/c16-13-8-10(17)3-4-12(13)14(21)19-9-11-2-1-6-20(11)15-18-5-7-22-15/h3-5,7-8,11H,1-2,6,9H2,(H,19,21)/t11-/m0/s1. The SMILES string of the molecule is O=C(NC[C@@H]1CCCN1c1nccs1)c1ccc(F)cc1Cl. The third-order valence-electron chi connectivity index (χ3n) is 3.72. The van der Waals surface area contributed by atoms with Gasteiger partial charge in [-0.2, -0.15) is 0 Å². The van der Waals surface area contributed by atoms with Gasteiger partial charge in [0.25, 0.3) is 5.91 Å². The zero-order chi connectivity index (χ0) is 15.5. The van der Waals surface area contributed by atoms with Gasteiger partial charge < -0.3 is 10.2 Å². The second-order valence-corrected chi connectivity index (χ2v) is 6.42. The summed E-state index contributed by atoms with van der Waals surface area (Å²) in [5, 5.41) is 5.94. The predicted octanol–water partition coefficient (Wildman–Crippen LogP) is 3.33. The molecule has 7 heteroatoms. The summed E-state index contributed by atoms with van der Waals surface area (Å²) in [6, 6.07) is 4.01. The van der Waals surface area contributed by atoms with Crippen molar-refractivity contribution in [3.8, 4) is 0 Å². The summed E-state index contributed by atoms with van der Waals surface area (Å²) < 4.78 is 13.0. The molecule has 1 atom stereocenters. The van der Waals surface area contributed by atoms with Crippen molar-refractivity contribution in [1.29, 1.82) is 0 Å². The molecule has 0 radical (unpaired) electrons. The van der Waals surface area contributed by atoms with E-state index in [1.165, 1.54) is 12.1 Å². The number of carbonyl (C=O) groups excluding carboxylic acids is 1. The van der Waals surface area contributed by atoms with Crippen LogP contribution in [0.15, 0.2) is 29.8 Å². The van der Waals surface area contributed by atoms with E-state index in [0.29, 0.717) is 12.1 Å². The molecule has 1 aliphatic heterocycles. The van der Waals surface area contributed by atoms with Crippen molar-refractivity contribution in [2.24, 2.45) is 0 Å². The minimum atomic E-state index is -0.452. The number of rotatable bonds is 4. The van der Waals surface area contributed by atoms with Crippen LogP contribution < -0.4 is 10.2 Å². The van der Waals surface area contributed by atoms with Gasteiger partial charge in [-0.15, -0.1) is 11.3 Å². The van der Waals surface area contributed by atoms with Crippen molar-refractivity contribution in [3.63, 3.8) is 0 Å². The van der Waals surface area contributed by atoms with E-state index in [1.54, 1.807) is 17.5 Å². The van der Waals surface area contributed by atoms with Gasteiger partial charge in [0.15, 0.2) is 5.13 Å². The van der Waals surface area contributed by atoms with Crippen LogP contribution >= 0.6 is 22.9 Å². The maximum absolute atomic E-state index is 13.0. The number of hydrogen-bond acceptors (Lipinski definition) is 4. The van der Waals surface area contributed by atoms with Gasteiger partial charge >= 0.3 is 0 Å². The van der Waals surface area contributed by atoms with E-state index in [9.17, 15) is 9.18 Å². The van der Waals surface area contributed by atoms with Crippen LogP contribution in [-0.4, -0.2) is 30.0 Å². The molecule has 4 nitrogen and oxygen atoms in total. The number of nitrogens with one attached hydrogen (secondary N) is 1. The summed E-state index contributed by atoms with van der Waals surface area (Å²) >= 11 is 7.51. The Kier molecular flexibility index (Phi) is 4.59. The first-order chi connectivity index (χ1) is 10.6. The lowest BCUT2D eigenvalue weighted by atomic mass is 10.2. The Bertz CT molecular complexity index is 665. The van der Waals surface area contributed by atoms with Crippen LogP contribution in [0.4, 0.5) is 9.52 Å². The summed E-state index contributed by atoms with van der Waals surface area (Å²) in [7, 11) is 0. The Morgan fingerprint density at radius 2 is 2.41 bits per heavy atom. The summed E-state index contributed by atoms with van der Waals surface area (Å²) in [6.07, 6.45) is 3.88. The maximum Gasteiger partial charge on any atom is 0.252 e. The number of anilines is 1. The maximum atomic E-state index is 13.0. The van der Waals surface area contributed by atoms with E-state index >= 15 is 0 Å². The van der Waals surface area contributed by atoms with E-state index in [1.807, 2.05) is 5.38 Å². The third-order valence-corrected chi connectivity index (χ3v) is 4.84. The lowest BCUT2D eigenvalue weighted by molar-refractivity contribution is 0.0951. The van der Waals surface area contributed by atoms with Gasteiger partial charge in [-0.3, -0.25) is 4.79 Å². The second kappa shape index (κ2) is 6.62. The zero-order valence-electron chi connectivity index (χ0n) is 11.8. The molecule has 0 unspecified atom stereocenters. The Morgan fingerprint density at radius 3 is 3.14 bits per heavy atom. The zero-order valence-corrected chi connectivity index (χ0v) is 13.3. The van der Waals surface area contributed by atoms with Gasteiger partial charge in [0.1, 0.15) is 5.82 Å². The summed E-state index contributed by atoms with van der Waals surface area (Å²) in [5.74, 6) is -0.733. The molecule has 1 fully saturated rings. The van der Waals surface area contributed by atoms with Crippen LogP contribution in [0.1, 0.15) is 23.2 Å². The molecule has 1 amide bonds. The van der Waals surface area contributed by atoms with Gasteiger partial charge in [-0.1, -0.05) is 11.6 Å². The van der Waals surface area contributed by atoms with Gasteiger partial charge in [-0.25, -0.2) is 9.37 Å². The minimum absolute atomic E-state index is 0.126. The molecule has 0 spiro atoms. The topological polar surface area (TPSA) is 45.2 Å². The van der Waals surface area contributed by atoms with E-state index in [0.717, 1.165) is 30.6 Å². The summed E-state index contributed by atoms with van der Waals surface area (Å²) in [6.45, 7) is 1.47. The van der Waals surface area contributed by atoms with Crippen LogP contribution in [0.3, 0.4) is 0 Å². The molecule has 116 valence electrons. The Balaban J connectivity index is 1.63. The molecular formula is C15H15ClFN3OS. The van der Waals surface area contributed by atoms with Crippen LogP contribution in [-0.2, 0) is 0 Å². The average Bonchev–Trinajstić information content (AvgIpc) is 3.15. The van der Waals surface area contributed by atoms with Crippen molar-refractivity contribution < 1.29 is 9.18 Å². The van der Waals surface area contributed by atoms with Crippen molar-refractivity contribution in [3.05, 3.63) is 46.2 Å². The number of benzene rings is 1. The highest BCUT2D eigenvalue weighted by molar-refractivity contribution is 7.13. The summed E-state index contributed by atoms with van der Waals surface area (Å²) in [4.78, 5) is 18.7. The Morgan fingerprint density at radius 1 is 1.55 bits per heavy atom. The number of aromatic nitrogens is 1. The highest BCUT2D eigenvalue weighted by Gasteiger charge is 2.26. The number of carbonyl (C=O) groups is 1. The lowest BCUT2D eigenvalue weighted by Gasteiger charge is -2.24. The molecule has 1 aromatic carbocycles. The molecule has 2 heterocycles. The molecule has 1 aromatic heterocycles. The number of thiazole rings is 1. The number of nitrogens with zero attached hydrogens (tertiary/aromatic N) is 2. The number of hydrogen-bond donors (Lipinski definition) is 1. The fraction of sp³-hybridized carbons (Fsp3) is 0.333. The normalized spacial score (nSPS) is 17.7. The van der Waals surface area contributed by atoms with Gasteiger partial charge in [0.2, 0.25) is 0 Å². The van der Waals surface area contributed by atoms with E-state index in [4.69, 9.17) is 11.6 Å². The smallest absolute Gasteiger partial charge is 0.252 e. The fourth-order valence-electron chi connectivity index (χ4n) is 2.64. The Labute approximate surface area is 136 Å². The largest absolute Gasteiger partial charge is 0.350 e. The lowest BCUT2D eigenvalue weighted by Crippen LogP contribution is -2.40. The van der Waals surface area contributed by atoms with Gasteiger partial charge in [0, 0.05) is 30.7 Å². The number of halogens is 2. The predicted molar refractivity (Wildman–Crippen MR) is 86.2 cm³/mol. The Hall–Kier alpha value is -1.66. The average molecular weight is 340 g/mol. The molecule has 1 N–H and O–H groups in total. The highest BCUT2D eigenvalue weighted by atomic mass is 35.5. The van der Waals surface area contributed by atoms with E-state index < -0.39 is 5.82 Å². The molecule has 0 aliphatic carbocycles. The number of amides is 1. The first-order valence-corrected chi connectivity index (χ1v) is 8.30. The minimum Gasteiger partial charge on any atom is -0.350 e. The van der Waals surface area contributed by atoms with Crippen molar-refractivity contribution in [2.45, 2.75) is 18.9 Å². The molecule has 1 aliphatic rings. The molecule has 0 saturated carbocycles. The van der Waals surface area contributed by atoms with Crippen molar-refractivity contribution >= 4 is 34.0 Å². The van der Waals surface area contributed by atoms with E-state index in [-0.39, 0.29) is 17.0 Å². The summed E-state index contributed by atoms with van der Waals surface area (Å²) in [5.41, 5.74) is 0.293. The first-order valence-electron chi connectivity index (χ1n) is 7.04. The van der Waals surface area contributed by atoms with Gasteiger partial charge in [0.05, 0.1) is 10.6 Å².